The second kappa shape index (κ2) is 10.4. The molecular weight excluding hydrogens is 354 g/mol. The fourth-order valence-corrected chi connectivity index (χ4v) is 3.03. The summed E-state index contributed by atoms with van der Waals surface area (Å²) in [5, 5.41) is 3.01. The molecule has 1 N–H and O–H groups in total. The van der Waals surface area contributed by atoms with E-state index in [1.54, 1.807) is 12.5 Å². The van der Waals surface area contributed by atoms with Crippen LogP contribution in [0.25, 0.3) is 0 Å². The molecule has 28 heavy (non-hydrogen) atoms. The van der Waals surface area contributed by atoms with Gasteiger partial charge in [-0.25, -0.2) is 0 Å². The third-order valence-electron chi connectivity index (χ3n) is 4.48. The predicted octanol–water partition coefficient (Wildman–Crippen LogP) is 3.52. The lowest BCUT2D eigenvalue weighted by Crippen LogP contribution is -2.37. The summed E-state index contributed by atoms with van der Waals surface area (Å²) in [6.07, 6.45) is 4.17. The maximum Gasteiger partial charge on any atom is 0.234 e. The van der Waals surface area contributed by atoms with Crippen molar-refractivity contribution in [3.63, 3.8) is 0 Å². The maximum absolute atomic E-state index is 12.4. The first kappa shape index (κ1) is 19.8. The molecular formula is C22H27N3O3. The summed E-state index contributed by atoms with van der Waals surface area (Å²) in [6, 6.07) is 17.8. The van der Waals surface area contributed by atoms with Crippen LogP contribution >= 0.6 is 0 Å². The smallest absolute Gasteiger partial charge is 0.234 e. The van der Waals surface area contributed by atoms with Crippen LogP contribution < -0.4 is 10.2 Å². The number of anilines is 1. The van der Waals surface area contributed by atoms with Gasteiger partial charge in [-0.15, -0.1) is 0 Å². The van der Waals surface area contributed by atoms with E-state index in [2.05, 4.69) is 29.4 Å². The van der Waals surface area contributed by atoms with Crippen molar-refractivity contribution in [2.75, 3.05) is 31.6 Å². The van der Waals surface area contributed by atoms with Gasteiger partial charge >= 0.3 is 0 Å². The second-order valence-electron chi connectivity index (χ2n) is 6.76. The van der Waals surface area contributed by atoms with Gasteiger partial charge in [-0.3, -0.25) is 9.69 Å². The maximum atomic E-state index is 12.4. The molecule has 0 bridgehead atoms. The van der Waals surface area contributed by atoms with Gasteiger partial charge in [-0.2, -0.15) is 0 Å². The number of rotatable bonds is 11. The van der Waals surface area contributed by atoms with Gasteiger partial charge in [-0.05, 0) is 42.8 Å². The van der Waals surface area contributed by atoms with Gasteiger partial charge in [0.1, 0.15) is 11.5 Å². The highest BCUT2D eigenvalue weighted by Gasteiger charge is 2.14. The van der Waals surface area contributed by atoms with E-state index in [1.807, 2.05) is 47.4 Å². The number of furan rings is 2. The Kier molecular flexibility index (Phi) is 7.32. The molecule has 0 saturated carbocycles. The Bertz CT molecular complexity index is 765. The normalized spacial score (nSPS) is 10.9. The van der Waals surface area contributed by atoms with Crippen LogP contribution in [0.5, 0.6) is 0 Å². The molecule has 2 heterocycles. The van der Waals surface area contributed by atoms with Crippen LogP contribution in [0.1, 0.15) is 17.9 Å². The minimum absolute atomic E-state index is 0.000441. The van der Waals surface area contributed by atoms with Gasteiger partial charge in [0, 0.05) is 25.8 Å². The molecule has 2 aromatic heterocycles. The van der Waals surface area contributed by atoms with E-state index in [4.69, 9.17) is 8.83 Å². The molecule has 1 aromatic carbocycles. The Hall–Kier alpha value is -2.99. The van der Waals surface area contributed by atoms with E-state index in [0.717, 1.165) is 24.5 Å². The molecule has 0 fully saturated rings. The molecule has 0 aliphatic carbocycles. The van der Waals surface area contributed by atoms with Gasteiger partial charge in [0.25, 0.3) is 0 Å². The van der Waals surface area contributed by atoms with Gasteiger partial charge in [0.15, 0.2) is 0 Å². The minimum atomic E-state index is 0.000441. The Balaban J connectivity index is 1.42. The van der Waals surface area contributed by atoms with Crippen LogP contribution in [-0.2, 0) is 17.9 Å². The van der Waals surface area contributed by atoms with E-state index in [0.29, 0.717) is 19.6 Å². The first-order chi connectivity index (χ1) is 13.7. The number of nitrogens with zero attached hydrogens (tertiary/aromatic N) is 2. The third-order valence-corrected chi connectivity index (χ3v) is 4.48. The van der Waals surface area contributed by atoms with Crippen molar-refractivity contribution in [2.45, 2.75) is 19.5 Å². The average molecular weight is 381 g/mol. The van der Waals surface area contributed by atoms with Crippen molar-refractivity contribution in [1.82, 2.24) is 10.2 Å². The summed E-state index contributed by atoms with van der Waals surface area (Å²) >= 11 is 0. The highest BCUT2D eigenvalue weighted by Crippen LogP contribution is 2.12. The van der Waals surface area contributed by atoms with Crippen LogP contribution in [0, 0.1) is 0 Å². The number of amides is 1. The number of carbonyl (C=O) groups excluding carboxylic acids is 1. The van der Waals surface area contributed by atoms with E-state index < -0.39 is 0 Å². The molecule has 148 valence electrons. The topological polar surface area (TPSA) is 61.9 Å². The highest BCUT2D eigenvalue weighted by atomic mass is 16.3. The van der Waals surface area contributed by atoms with Crippen LogP contribution in [0.4, 0.5) is 5.69 Å². The summed E-state index contributed by atoms with van der Waals surface area (Å²) in [5.41, 5.74) is 1.18. The van der Waals surface area contributed by atoms with E-state index >= 15 is 0 Å². The first-order valence-corrected chi connectivity index (χ1v) is 9.51. The number of nitrogens with one attached hydrogen (secondary N) is 1. The molecule has 0 atom stereocenters. The quantitative estimate of drug-likeness (QED) is 0.515. The molecule has 0 spiro atoms. The van der Waals surface area contributed by atoms with Crippen molar-refractivity contribution < 1.29 is 13.6 Å². The van der Waals surface area contributed by atoms with Crippen LogP contribution in [0.2, 0.25) is 0 Å². The van der Waals surface area contributed by atoms with E-state index in [-0.39, 0.29) is 12.5 Å². The summed E-state index contributed by atoms with van der Waals surface area (Å²) in [5.74, 6) is 1.65. The molecule has 0 aliphatic rings. The average Bonchev–Trinajstić information content (AvgIpc) is 3.40. The number of carbonyl (C=O) groups is 1. The van der Waals surface area contributed by atoms with Crippen LogP contribution in [-0.4, -0.2) is 37.5 Å². The molecule has 1 amide bonds. The molecule has 0 aliphatic heterocycles. The highest BCUT2D eigenvalue weighted by molar-refractivity contribution is 5.77. The minimum Gasteiger partial charge on any atom is -0.468 e. The largest absolute Gasteiger partial charge is 0.468 e. The summed E-state index contributed by atoms with van der Waals surface area (Å²) in [6.45, 7) is 2.92. The van der Waals surface area contributed by atoms with Crippen LogP contribution in [0.3, 0.4) is 0 Å². The molecule has 3 aromatic rings. The fourth-order valence-electron chi connectivity index (χ4n) is 3.03. The Morgan fingerprint density at radius 1 is 0.929 bits per heavy atom. The van der Waals surface area contributed by atoms with Crippen molar-refractivity contribution in [2.24, 2.45) is 0 Å². The zero-order valence-electron chi connectivity index (χ0n) is 16.2. The monoisotopic (exact) mass is 381 g/mol. The summed E-state index contributed by atoms with van der Waals surface area (Å²) in [7, 11) is 2.06. The van der Waals surface area contributed by atoms with E-state index in [1.165, 1.54) is 5.69 Å². The molecule has 0 radical (unpaired) electrons. The van der Waals surface area contributed by atoms with Crippen molar-refractivity contribution in [3.05, 3.63) is 78.6 Å². The lowest BCUT2D eigenvalue weighted by molar-refractivity contribution is -0.122. The first-order valence-electron chi connectivity index (χ1n) is 9.51. The third kappa shape index (κ3) is 6.32. The molecule has 6 heteroatoms. The lowest BCUT2D eigenvalue weighted by atomic mass is 10.3. The number of hydrogen-bond acceptors (Lipinski definition) is 5. The van der Waals surface area contributed by atoms with Gasteiger partial charge < -0.3 is 19.1 Å². The predicted molar refractivity (Wildman–Crippen MR) is 109 cm³/mol. The van der Waals surface area contributed by atoms with Gasteiger partial charge in [0.05, 0.1) is 32.2 Å². The Morgan fingerprint density at radius 2 is 1.57 bits per heavy atom. The summed E-state index contributed by atoms with van der Waals surface area (Å²) < 4.78 is 10.8. The zero-order valence-corrected chi connectivity index (χ0v) is 16.2. The molecule has 6 nitrogen and oxygen atoms in total. The Morgan fingerprint density at radius 3 is 2.14 bits per heavy atom. The molecule has 0 saturated heterocycles. The zero-order chi connectivity index (χ0) is 19.6. The standard InChI is InChI=1S/C22H27N3O3/c1-24(19-8-3-2-4-9-19)13-7-12-23-22(26)18-25(16-20-10-5-14-27-20)17-21-11-6-15-28-21/h2-6,8-11,14-15H,7,12-13,16-18H2,1H3,(H,23,26). The SMILES string of the molecule is CN(CCCNC(=O)CN(Cc1ccco1)Cc1ccco1)c1ccccc1. The number of benzene rings is 1. The Labute approximate surface area is 165 Å². The number of hydrogen-bond donors (Lipinski definition) is 1. The van der Waals surface area contributed by atoms with Crippen molar-refractivity contribution >= 4 is 11.6 Å². The van der Waals surface area contributed by atoms with Crippen molar-refractivity contribution in [1.29, 1.82) is 0 Å². The van der Waals surface area contributed by atoms with Gasteiger partial charge in [-0.1, -0.05) is 18.2 Å². The second-order valence-corrected chi connectivity index (χ2v) is 6.76. The lowest BCUT2D eigenvalue weighted by Gasteiger charge is -2.21. The number of para-hydroxylation sites is 1. The molecule has 3 rings (SSSR count). The molecule has 0 unspecified atom stereocenters. The van der Waals surface area contributed by atoms with E-state index in [9.17, 15) is 4.79 Å². The van der Waals surface area contributed by atoms with Crippen LogP contribution in [0.15, 0.2) is 76.0 Å². The summed E-state index contributed by atoms with van der Waals surface area (Å²) in [4.78, 5) is 16.6. The van der Waals surface area contributed by atoms with Gasteiger partial charge in [0.2, 0.25) is 5.91 Å². The fraction of sp³-hybridized carbons (Fsp3) is 0.318. The van der Waals surface area contributed by atoms with Crippen molar-refractivity contribution in [3.8, 4) is 0 Å².